The van der Waals surface area contributed by atoms with Crippen molar-refractivity contribution in [3.63, 3.8) is 0 Å². The van der Waals surface area contributed by atoms with Crippen molar-refractivity contribution >= 4 is 32.8 Å². The second-order valence-corrected chi connectivity index (χ2v) is 6.14. The molecule has 0 amide bonds. The van der Waals surface area contributed by atoms with Crippen LogP contribution in [-0.4, -0.2) is 4.98 Å². The van der Waals surface area contributed by atoms with Crippen LogP contribution in [0.15, 0.2) is 39.5 Å². The molecule has 0 aliphatic rings. The van der Waals surface area contributed by atoms with Crippen molar-refractivity contribution in [3.05, 3.63) is 57.4 Å². The van der Waals surface area contributed by atoms with Gasteiger partial charge < -0.3 is 9.40 Å². The minimum atomic E-state index is -4.90. The number of rotatable bonds is 0. The smallest absolute Gasteiger partial charge is 0.418 e. The predicted octanol–water partition coefficient (Wildman–Crippen LogP) is 5.77. The van der Waals surface area contributed by atoms with Gasteiger partial charge in [0.15, 0.2) is 0 Å². The van der Waals surface area contributed by atoms with Gasteiger partial charge in [0.2, 0.25) is 0 Å². The summed E-state index contributed by atoms with van der Waals surface area (Å²) in [6, 6.07) is 4.79. The highest BCUT2D eigenvalue weighted by Gasteiger charge is 2.39. The first kappa shape index (κ1) is 17.4. The van der Waals surface area contributed by atoms with Gasteiger partial charge >= 0.3 is 18.0 Å². The molecule has 2 heterocycles. The molecule has 27 heavy (non-hydrogen) atoms. The maximum absolute atomic E-state index is 13.5. The van der Waals surface area contributed by atoms with E-state index in [9.17, 15) is 31.1 Å². The van der Waals surface area contributed by atoms with Gasteiger partial charge in [-0.1, -0.05) is 0 Å². The first-order valence-corrected chi connectivity index (χ1v) is 7.64. The van der Waals surface area contributed by atoms with Crippen molar-refractivity contribution in [1.29, 1.82) is 0 Å². The summed E-state index contributed by atoms with van der Waals surface area (Å²) >= 11 is 0. The molecule has 0 radical (unpaired) electrons. The predicted molar refractivity (Wildman–Crippen MR) is 86.6 cm³/mol. The van der Waals surface area contributed by atoms with Gasteiger partial charge in [-0.25, -0.2) is 4.79 Å². The lowest BCUT2D eigenvalue weighted by molar-refractivity contribution is -0.139. The Bertz CT molecular complexity index is 1280. The number of fused-ring (bicyclic) bond motifs is 5. The van der Waals surface area contributed by atoms with Gasteiger partial charge in [-0.15, -0.1) is 0 Å². The third-order valence-corrected chi connectivity index (χ3v) is 4.45. The molecule has 2 aromatic heterocycles. The van der Waals surface area contributed by atoms with E-state index in [4.69, 9.17) is 4.42 Å². The van der Waals surface area contributed by atoms with Crippen LogP contribution in [0.5, 0.6) is 0 Å². The third-order valence-electron chi connectivity index (χ3n) is 4.45. The number of nitrogens with one attached hydrogen (secondary N) is 1. The molecule has 0 saturated carbocycles. The van der Waals surface area contributed by atoms with Crippen LogP contribution in [0.4, 0.5) is 26.3 Å². The van der Waals surface area contributed by atoms with E-state index in [-0.39, 0.29) is 16.5 Å². The quantitative estimate of drug-likeness (QED) is 0.308. The van der Waals surface area contributed by atoms with E-state index < -0.39 is 40.0 Å². The Hall–Kier alpha value is -2.97. The SMILES string of the molecule is Cc1cc(=O)oc2c1ccc1[nH]c3c(C(F)(F)F)ccc(C(F)(F)F)c3c12. The first-order valence-electron chi connectivity index (χ1n) is 7.64. The van der Waals surface area contributed by atoms with Crippen LogP contribution in [0.3, 0.4) is 0 Å². The first-order chi connectivity index (χ1) is 12.5. The molecule has 0 atom stereocenters. The summed E-state index contributed by atoms with van der Waals surface area (Å²) in [5.41, 5.74) is -3.72. The third kappa shape index (κ3) is 2.56. The number of H-pyrrole nitrogens is 1. The normalized spacial score (nSPS) is 13.1. The summed E-state index contributed by atoms with van der Waals surface area (Å²) in [4.78, 5) is 14.1. The van der Waals surface area contributed by atoms with Gasteiger partial charge in [0, 0.05) is 16.8 Å². The monoisotopic (exact) mass is 385 g/mol. The molecular formula is C18H9F6NO2. The van der Waals surface area contributed by atoms with E-state index in [0.29, 0.717) is 23.1 Å². The Balaban J connectivity index is 2.35. The average Bonchev–Trinajstić information content (AvgIpc) is 2.91. The fourth-order valence-corrected chi connectivity index (χ4v) is 3.34. The summed E-state index contributed by atoms with van der Waals surface area (Å²) in [5.74, 6) is 0. The summed E-state index contributed by atoms with van der Waals surface area (Å²) in [6.45, 7) is 1.56. The zero-order valence-corrected chi connectivity index (χ0v) is 13.5. The van der Waals surface area contributed by atoms with Gasteiger partial charge in [0.05, 0.1) is 27.5 Å². The maximum atomic E-state index is 13.5. The van der Waals surface area contributed by atoms with Gasteiger partial charge in [-0.3, -0.25) is 0 Å². The van der Waals surface area contributed by atoms with Crippen LogP contribution in [0, 0.1) is 6.92 Å². The fraction of sp³-hybridized carbons (Fsp3) is 0.167. The molecule has 2 aromatic carbocycles. The zero-order chi connectivity index (χ0) is 19.7. The van der Waals surface area contributed by atoms with Crippen LogP contribution in [0.25, 0.3) is 32.8 Å². The highest BCUT2D eigenvalue weighted by atomic mass is 19.4. The molecule has 0 spiro atoms. The molecule has 4 rings (SSSR count). The molecule has 0 aliphatic heterocycles. The molecule has 3 nitrogen and oxygen atoms in total. The van der Waals surface area contributed by atoms with Crippen molar-refractivity contribution in [2.24, 2.45) is 0 Å². The highest BCUT2D eigenvalue weighted by Crippen LogP contribution is 2.45. The van der Waals surface area contributed by atoms with Crippen LogP contribution < -0.4 is 5.63 Å². The number of alkyl halides is 6. The number of aromatic nitrogens is 1. The van der Waals surface area contributed by atoms with E-state index in [1.807, 2.05) is 0 Å². The average molecular weight is 385 g/mol. The lowest BCUT2D eigenvalue weighted by atomic mass is 10.00. The molecule has 1 N–H and O–H groups in total. The van der Waals surface area contributed by atoms with E-state index in [0.717, 1.165) is 6.07 Å². The number of halogens is 6. The summed E-state index contributed by atoms with van der Waals surface area (Å²) in [5, 5.41) is -0.540. The molecule has 0 fully saturated rings. The highest BCUT2D eigenvalue weighted by molar-refractivity contribution is 6.20. The Morgan fingerprint density at radius 3 is 2.15 bits per heavy atom. The van der Waals surface area contributed by atoms with Crippen molar-refractivity contribution in [1.82, 2.24) is 4.98 Å². The maximum Gasteiger partial charge on any atom is 0.418 e. The van der Waals surface area contributed by atoms with Crippen LogP contribution in [-0.2, 0) is 12.4 Å². The zero-order valence-electron chi connectivity index (χ0n) is 13.5. The minimum Gasteiger partial charge on any atom is -0.422 e. The summed E-state index contributed by atoms with van der Waals surface area (Å²) < 4.78 is 85.7. The van der Waals surface area contributed by atoms with E-state index in [1.54, 1.807) is 6.92 Å². The Kier molecular flexibility index (Phi) is 3.41. The van der Waals surface area contributed by atoms with Crippen molar-refractivity contribution in [3.8, 4) is 0 Å². The van der Waals surface area contributed by atoms with E-state index >= 15 is 0 Å². The topological polar surface area (TPSA) is 46.0 Å². The van der Waals surface area contributed by atoms with Crippen LogP contribution in [0.1, 0.15) is 16.7 Å². The Labute approximate surface area is 146 Å². The minimum absolute atomic E-state index is 0.00782. The molecule has 140 valence electrons. The lowest BCUT2D eigenvalue weighted by Crippen LogP contribution is -2.10. The fourth-order valence-electron chi connectivity index (χ4n) is 3.34. The van der Waals surface area contributed by atoms with Gasteiger partial charge in [0.1, 0.15) is 5.58 Å². The standard InChI is InChI=1S/C18H9F6NO2/c1-7-6-12(26)27-16-8(7)2-5-11-14(16)13-9(17(19,20)21)3-4-10(15(13)25-11)18(22,23)24/h2-6,25H,1H3. The molecule has 9 heteroatoms. The Morgan fingerprint density at radius 2 is 1.52 bits per heavy atom. The van der Waals surface area contributed by atoms with Crippen molar-refractivity contribution in [2.75, 3.05) is 0 Å². The van der Waals surface area contributed by atoms with E-state index in [1.165, 1.54) is 12.1 Å². The summed E-state index contributed by atoms with van der Waals surface area (Å²) in [6.07, 6.45) is -9.76. The number of hydrogen-bond donors (Lipinski definition) is 1. The number of benzene rings is 2. The molecule has 0 saturated heterocycles. The molecule has 4 aromatic rings. The molecule has 0 aliphatic carbocycles. The second kappa shape index (κ2) is 5.28. The second-order valence-electron chi connectivity index (χ2n) is 6.14. The van der Waals surface area contributed by atoms with Crippen LogP contribution in [0.2, 0.25) is 0 Å². The Morgan fingerprint density at radius 1 is 0.889 bits per heavy atom. The van der Waals surface area contributed by atoms with Gasteiger partial charge in [-0.05, 0) is 36.8 Å². The molecule has 0 unspecified atom stereocenters. The van der Waals surface area contributed by atoms with Gasteiger partial charge in [0.25, 0.3) is 0 Å². The summed E-state index contributed by atoms with van der Waals surface area (Å²) in [7, 11) is 0. The number of aromatic amines is 1. The lowest BCUT2D eigenvalue weighted by Gasteiger charge is -2.13. The van der Waals surface area contributed by atoms with Crippen molar-refractivity contribution in [2.45, 2.75) is 19.3 Å². The largest absolute Gasteiger partial charge is 0.422 e. The number of aryl methyl sites for hydroxylation is 1. The number of hydrogen-bond acceptors (Lipinski definition) is 2. The molecular weight excluding hydrogens is 376 g/mol. The van der Waals surface area contributed by atoms with Gasteiger partial charge in [-0.2, -0.15) is 26.3 Å². The molecule has 0 bridgehead atoms. The van der Waals surface area contributed by atoms with E-state index in [2.05, 4.69) is 4.98 Å². The van der Waals surface area contributed by atoms with Crippen LogP contribution >= 0.6 is 0 Å². The van der Waals surface area contributed by atoms with Crippen molar-refractivity contribution < 1.29 is 30.8 Å².